The topological polar surface area (TPSA) is 61.4 Å². The Morgan fingerprint density at radius 1 is 0.236 bits per heavy atom. The Hall–Kier alpha value is -11.6. The van der Waals surface area contributed by atoms with Crippen LogP contribution in [0.3, 0.4) is 0 Å². The minimum atomic E-state index is 0.727. The summed E-state index contributed by atoms with van der Waals surface area (Å²) in [5.74, 6) is 1.46. The first-order chi connectivity index (χ1) is 44.1. The molecule has 410 valence electrons. The summed E-state index contributed by atoms with van der Waals surface area (Å²) >= 11 is 1.83. The van der Waals surface area contributed by atoms with E-state index in [1.165, 1.54) is 91.7 Å². The summed E-state index contributed by atoms with van der Waals surface area (Å²) < 4.78 is 7.30. The van der Waals surface area contributed by atoms with Gasteiger partial charge in [0.25, 0.3) is 0 Å². The maximum atomic E-state index is 5.49. The molecule has 0 bridgehead atoms. The normalized spacial score (nSPS) is 12.3. The predicted molar refractivity (Wildman–Crippen MR) is 370 cm³/mol. The molecule has 18 aromatic rings. The zero-order valence-electron chi connectivity index (χ0n) is 47.6. The van der Waals surface area contributed by atoms with Crippen LogP contribution in [-0.4, -0.2) is 29.1 Å². The second-order valence-electron chi connectivity index (χ2n) is 23.6. The predicted octanol–water partition coefficient (Wildman–Crippen LogP) is 21.8. The first-order valence-corrected chi connectivity index (χ1v) is 31.1. The highest BCUT2D eigenvalue weighted by Crippen LogP contribution is 2.50. The molecule has 13 aromatic carbocycles. The van der Waals surface area contributed by atoms with Crippen LogP contribution in [0.15, 0.2) is 279 Å². The summed E-state index contributed by atoms with van der Waals surface area (Å²) in [6, 6.07) is 102. The molecule has 0 unspecified atom stereocenters. The summed E-state index contributed by atoms with van der Waals surface area (Å²) in [6.45, 7) is 0. The second kappa shape index (κ2) is 18.4. The van der Waals surface area contributed by atoms with E-state index in [1.807, 2.05) is 11.3 Å². The standard InChI is InChI=1S/C82H46N6S/c1-2-13-54(14-3-1)88-70-24-8-6-16-59(70)60-40-34-52(46-73(60)88)51-35-41-74-65(43-51)66-45-53(36-42-75(66)89-74)82-84-69-23-11-21-62-58-39-33-50(44-67(58)80(86-82)78(62)69)47-31-37-55(38-32-47)87-71-25-9-7-18-64(71)76-56(19-12-26-72(76)87)48-27-29-49(30-28-48)81-83-68-22-10-20-61-57-15-4-5-17-63(57)79(85-81)77(61)68/h1-46H. The van der Waals surface area contributed by atoms with Gasteiger partial charge in [0.2, 0.25) is 0 Å². The summed E-state index contributed by atoms with van der Waals surface area (Å²) in [7, 11) is 0. The van der Waals surface area contributed by atoms with E-state index in [4.69, 9.17) is 19.9 Å². The Balaban J connectivity index is 0.631. The molecule has 0 aliphatic heterocycles. The lowest BCUT2D eigenvalue weighted by molar-refractivity contribution is 1.18. The van der Waals surface area contributed by atoms with Crippen molar-refractivity contribution in [2.45, 2.75) is 0 Å². The van der Waals surface area contributed by atoms with Crippen molar-refractivity contribution in [2.24, 2.45) is 0 Å². The van der Waals surface area contributed by atoms with Crippen LogP contribution >= 0.6 is 11.3 Å². The van der Waals surface area contributed by atoms with Gasteiger partial charge in [-0.1, -0.05) is 182 Å². The number of hydrogen-bond donors (Lipinski definition) is 0. The van der Waals surface area contributed by atoms with Crippen LogP contribution in [-0.2, 0) is 0 Å². The third-order valence-corrected chi connectivity index (χ3v) is 20.0. The smallest absolute Gasteiger partial charge is 0.160 e. The molecule has 20 rings (SSSR count). The largest absolute Gasteiger partial charge is 0.309 e. The van der Waals surface area contributed by atoms with E-state index in [1.54, 1.807) is 0 Å². The Labute approximate surface area is 514 Å². The van der Waals surface area contributed by atoms with Gasteiger partial charge in [0, 0.05) is 86.1 Å². The van der Waals surface area contributed by atoms with E-state index in [0.717, 1.165) is 106 Å². The average molecular weight is 1150 g/mol. The van der Waals surface area contributed by atoms with E-state index >= 15 is 0 Å². The van der Waals surface area contributed by atoms with Crippen molar-refractivity contribution in [1.29, 1.82) is 0 Å². The number of para-hydroxylation sites is 3. The van der Waals surface area contributed by atoms with Crippen molar-refractivity contribution in [3.63, 3.8) is 0 Å². The molecular weight excluding hydrogens is 1100 g/mol. The fraction of sp³-hybridized carbons (Fsp3) is 0. The molecule has 89 heavy (non-hydrogen) atoms. The van der Waals surface area contributed by atoms with Crippen molar-refractivity contribution in [3.8, 4) is 112 Å². The molecule has 2 aliphatic rings. The molecular formula is C82H46N6S. The Bertz CT molecular complexity index is 6090. The van der Waals surface area contributed by atoms with Gasteiger partial charge in [-0.15, -0.1) is 11.3 Å². The van der Waals surface area contributed by atoms with Gasteiger partial charge in [0.1, 0.15) is 0 Å². The van der Waals surface area contributed by atoms with Crippen LogP contribution in [0.1, 0.15) is 0 Å². The Morgan fingerprint density at radius 2 is 0.719 bits per heavy atom. The number of fused-ring (bicyclic) bond motifs is 15. The molecule has 0 saturated heterocycles. The van der Waals surface area contributed by atoms with Gasteiger partial charge in [0.05, 0.1) is 44.5 Å². The van der Waals surface area contributed by atoms with Crippen molar-refractivity contribution in [2.75, 3.05) is 0 Å². The Morgan fingerprint density at radius 3 is 1.48 bits per heavy atom. The lowest BCUT2D eigenvalue weighted by atomic mass is 9.98. The molecule has 0 fully saturated rings. The van der Waals surface area contributed by atoms with Gasteiger partial charge < -0.3 is 9.13 Å². The van der Waals surface area contributed by atoms with Gasteiger partial charge in [0.15, 0.2) is 11.6 Å². The molecule has 0 N–H and O–H groups in total. The van der Waals surface area contributed by atoms with E-state index < -0.39 is 0 Å². The summed E-state index contributed by atoms with van der Waals surface area (Å²) in [5.41, 5.74) is 26.9. The molecule has 0 spiro atoms. The highest BCUT2D eigenvalue weighted by molar-refractivity contribution is 7.25. The van der Waals surface area contributed by atoms with Crippen molar-refractivity contribution >= 4 is 96.9 Å². The van der Waals surface area contributed by atoms with Gasteiger partial charge in [-0.3, -0.25) is 0 Å². The fourth-order valence-electron chi connectivity index (χ4n) is 14.8. The van der Waals surface area contributed by atoms with Crippen LogP contribution in [0.25, 0.3) is 198 Å². The molecule has 0 radical (unpaired) electrons. The second-order valence-corrected chi connectivity index (χ2v) is 24.7. The van der Waals surface area contributed by atoms with E-state index in [-0.39, 0.29) is 0 Å². The third-order valence-electron chi connectivity index (χ3n) is 18.8. The SMILES string of the molecule is c1ccc(-n2c3ccccc3c3ccc(-c4ccc5sc6ccc(-c7nc8c9c(cccc9n7)-c7ccc(-c9ccc(-n%10c%11ccccc%11c%11c(-c%12ccc(-c%13nc%14c%15c(cccc%15n%13)-c%13ccccc%13-%14)cc%12)cccc%11%10)cc9)cc7-8)cc6c5c4)cc32)cc1. The van der Waals surface area contributed by atoms with Crippen LogP contribution < -0.4 is 0 Å². The van der Waals surface area contributed by atoms with Gasteiger partial charge in [-0.25, -0.2) is 19.9 Å². The average Bonchev–Trinajstić information content (AvgIpc) is 1.92. The molecule has 5 aromatic heterocycles. The zero-order valence-corrected chi connectivity index (χ0v) is 48.5. The molecule has 0 amide bonds. The molecule has 6 nitrogen and oxygen atoms in total. The highest BCUT2D eigenvalue weighted by Gasteiger charge is 2.28. The number of hydrogen-bond acceptors (Lipinski definition) is 5. The highest BCUT2D eigenvalue weighted by atomic mass is 32.1. The maximum absolute atomic E-state index is 5.49. The lowest BCUT2D eigenvalue weighted by Gasteiger charge is -2.11. The fourth-order valence-corrected chi connectivity index (χ4v) is 15.9. The van der Waals surface area contributed by atoms with Gasteiger partial charge >= 0.3 is 0 Å². The molecule has 2 aliphatic carbocycles. The van der Waals surface area contributed by atoms with E-state index in [9.17, 15) is 0 Å². The summed E-state index contributed by atoms with van der Waals surface area (Å²) in [6.07, 6.45) is 0. The van der Waals surface area contributed by atoms with Crippen LogP contribution in [0, 0.1) is 0 Å². The molecule has 5 heterocycles. The van der Waals surface area contributed by atoms with Gasteiger partial charge in [-0.05, 0) is 153 Å². The zero-order chi connectivity index (χ0) is 58.0. The third kappa shape index (κ3) is 7.13. The number of aromatic nitrogens is 6. The van der Waals surface area contributed by atoms with Crippen LogP contribution in [0.4, 0.5) is 0 Å². The minimum Gasteiger partial charge on any atom is -0.309 e. The number of benzene rings is 13. The number of thiophene rings is 1. The summed E-state index contributed by atoms with van der Waals surface area (Å²) in [4.78, 5) is 21.1. The first-order valence-electron chi connectivity index (χ1n) is 30.3. The van der Waals surface area contributed by atoms with Crippen LogP contribution in [0.5, 0.6) is 0 Å². The van der Waals surface area contributed by atoms with Gasteiger partial charge in [-0.2, -0.15) is 0 Å². The monoisotopic (exact) mass is 1150 g/mol. The lowest BCUT2D eigenvalue weighted by Crippen LogP contribution is -1.94. The number of rotatable bonds is 7. The van der Waals surface area contributed by atoms with E-state index in [2.05, 4.69) is 288 Å². The molecule has 0 saturated carbocycles. The summed E-state index contributed by atoms with van der Waals surface area (Å²) in [5, 5.41) is 9.62. The maximum Gasteiger partial charge on any atom is 0.160 e. The first kappa shape index (κ1) is 48.6. The van der Waals surface area contributed by atoms with Crippen molar-refractivity contribution in [1.82, 2.24) is 29.1 Å². The number of nitrogens with zero attached hydrogens (tertiary/aromatic N) is 6. The Kier molecular flexibility index (Phi) is 10.1. The van der Waals surface area contributed by atoms with Crippen LogP contribution in [0.2, 0.25) is 0 Å². The minimum absolute atomic E-state index is 0.727. The molecule has 0 atom stereocenters. The quantitative estimate of drug-likeness (QED) is 0.160. The molecule has 7 heteroatoms. The van der Waals surface area contributed by atoms with Crippen molar-refractivity contribution < 1.29 is 0 Å². The van der Waals surface area contributed by atoms with E-state index in [0.29, 0.717) is 0 Å². The van der Waals surface area contributed by atoms with Crippen molar-refractivity contribution in [3.05, 3.63) is 279 Å².